The van der Waals surface area contributed by atoms with E-state index in [0.717, 1.165) is 0 Å². The van der Waals surface area contributed by atoms with Gasteiger partial charge in [-0.05, 0) is 24.3 Å². The summed E-state index contributed by atoms with van der Waals surface area (Å²) >= 11 is 0. The molecule has 3 aromatic rings. The highest BCUT2D eigenvalue weighted by Crippen LogP contribution is 2.24. The van der Waals surface area contributed by atoms with Crippen molar-refractivity contribution in [1.29, 1.82) is 0 Å². The predicted molar refractivity (Wildman–Crippen MR) is 79.3 cm³/mol. The molecule has 110 valence electrons. The van der Waals surface area contributed by atoms with E-state index in [4.69, 9.17) is 10.9 Å². The van der Waals surface area contributed by atoms with Crippen LogP contribution in [-0.2, 0) is 0 Å². The Morgan fingerprint density at radius 3 is 2.68 bits per heavy atom. The number of hydrogen-bond acceptors (Lipinski definition) is 4. The number of aromatic amines is 1. The molecule has 1 heterocycles. The molecule has 3 rings (SSSR count). The highest BCUT2D eigenvalue weighted by Gasteiger charge is 2.15. The van der Waals surface area contributed by atoms with Gasteiger partial charge in [-0.3, -0.25) is 14.8 Å². The fourth-order valence-electron chi connectivity index (χ4n) is 2.23. The number of rotatable bonds is 3. The number of fused-ring (bicyclic) bond motifs is 1. The fourth-order valence-corrected chi connectivity index (χ4v) is 2.23. The average molecular weight is 296 g/mol. The third-order valence-corrected chi connectivity index (χ3v) is 3.30. The molecule has 0 fully saturated rings. The minimum Gasteiger partial charge on any atom is -0.366 e. The Labute approximate surface area is 124 Å². The molecule has 0 spiro atoms. The first-order chi connectivity index (χ1) is 10.6. The number of imidazole rings is 1. The predicted octanol–water partition coefficient (Wildman–Crippen LogP) is 1.45. The summed E-state index contributed by atoms with van der Waals surface area (Å²) in [7, 11) is 0. The molecule has 5 N–H and O–H groups in total. The van der Waals surface area contributed by atoms with Crippen LogP contribution in [0.2, 0.25) is 0 Å². The zero-order valence-corrected chi connectivity index (χ0v) is 11.3. The Hall–Kier alpha value is -3.19. The van der Waals surface area contributed by atoms with E-state index in [1.807, 2.05) is 0 Å². The van der Waals surface area contributed by atoms with Crippen LogP contribution in [-0.4, -0.2) is 27.0 Å². The van der Waals surface area contributed by atoms with Crippen LogP contribution in [0.15, 0.2) is 42.5 Å². The number of aromatic nitrogens is 2. The lowest BCUT2D eigenvalue weighted by atomic mass is 10.1. The van der Waals surface area contributed by atoms with Gasteiger partial charge in [0.2, 0.25) is 5.91 Å². The lowest BCUT2D eigenvalue weighted by Crippen LogP contribution is -2.19. The van der Waals surface area contributed by atoms with Gasteiger partial charge < -0.3 is 10.7 Å². The molecule has 22 heavy (non-hydrogen) atoms. The van der Waals surface area contributed by atoms with E-state index >= 15 is 0 Å². The molecule has 0 aliphatic carbocycles. The number of nitrogens with zero attached hydrogens (tertiary/aromatic N) is 1. The fraction of sp³-hybridized carbons (Fsp3) is 0. The summed E-state index contributed by atoms with van der Waals surface area (Å²) in [6, 6.07) is 11.6. The van der Waals surface area contributed by atoms with E-state index in [-0.39, 0.29) is 5.56 Å². The van der Waals surface area contributed by atoms with Gasteiger partial charge in [-0.15, -0.1) is 0 Å². The van der Waals surface area contributed by atoms with E-state index in [2.05, 4.69) is 9.97 Å². The first-order valence-electron chi connectivity index (χ1n) is 6.43. The number of carbonyl (C=O) groups is 2. The van der Waals surface area contributed by atoms with Gasteiger partial charge in [-0.2, -0.15) is 0 Å². The Kier molecular flexibility index (Phi) is 3.32. The molecule has 0 bridgehead atoms. The molecule has 0 radical (unpaired) electrons. The van der Waals surface area contributed by atoms with Crippen molar-refractivity contribution in [3.8, 4) is 11.4 Å². The Morgan fingerprint density at radius 1 is 1.18 bits per heavy atom. The normalized spacial score (nSPS) is 10.6. The largest absolute Gasteiger partial charge is 0.366 e. The smallest absolute Gasteiger partial charge is 0.275 e. The second-order valence-electron chi connectivity index (χ2n) is 4.67. The van der Waals surface area contributed by atoms with Crippen LogP contribution in [0.4, 0.5) is 0 Å². The standard InChI is InChI=1S/C15H12N4O3/c16-13(20)8-5-6-11-12(7-8)18-14(17-11)9-3-1-2-4-10(9)15(21)19-22/h1-7,22H,(H2,16,20)(H,17,18)(H,19,21). The summed E-state index contributed by atoms with van der Waals surface area (Å²) in [4.78, 5) is 30.4. The molecule has 0 aliphatic heterocycles. The molecule has 2 amide bonds. The Bertz CT molecular complexity index is 885. The minimum atomic E-state index is -0.631. The molecule has 2 aromatic carbocycles. The van der Waals surface area contributed by atoms with Crippen LogP contribution >= 0.6 is 0 Å². The van der Waals surface area contributed by atoms with Gasteiger partial charge >= 0.3 is 0 Å². The van der Waals surface area contributed by atoms with Gasteiger partial charge in [-0.25, -0.2) is 10.5 Å². The maximum atomic E-state index is 11.7. The van der Waals surface area contributed by atoms with E-state index in [1.165, 1.54) is 0 Å². The van der Waals surface area contributed by atoms with Crippen molar-refractivity contribution < 1.29 is 14.8 Å². The molecule has 7 nitrogen and oxygen atoms in total. The number of H-pyrrole nitrogens is 1. The second kappa shape index (κ2) is 5.30. The van der Waals surface area contributed by atoms with Crippen LogP contribution in [0.5, 0.6) is 0 Å². The highest BCUT2D eigenvalue weighted by molar-refractivity contribution is 6.00. The van der Waals surface area contributed by atoms with Crippen LogP contribution in [0.3, 0.4) is 0 Å². The minimum absolute atomic E-state index is 0.277. The number of hydroxylamine groups is 1. The SMILES string of the molecule is NC(=O)c1ccc2[nH]c(-c3ccccc3C(=O)NO)nc2c1. The molecule has 7 heteroatoms. The molecule has 0 unspecified atom stereocenters. The van der Waals surface area contributed by atoms with Crippen molar-refractivity contribution in [2.45, 2.75) is 0 Å². The Balaban J connectivity index is 2.15. The first-order valence-corrected chi connectivity index (χ1v) is 6.43. The first kappa shape index (κ1) is 13.8. The average Bonchev–Trinajstić information content (AvgIpc) is 2.96. The van der Waals surface area contributed by atoms with E-state index < -0.39 is 11.8 Å². The Morgan fingerprint density at radius 2 is 1.95 bits per heavy atom. The van der Waals surface area contributed by atoms with Crippen LogP contribution in [0, 0.1) is 0 Å². The number of primary amides is 1. The molecular weight excluding hydrogens is 284 g/mol. The number of hydrogen-bond donors (Lipinski definition) is 4. The molecule has 1 aromatic heterocycles. The van der Waals surface area contributed by atoms with Crippen molar-refractivity contribution >= 4 is 22.8 Å². The highest BCUT2D eigenvalue weighted by atomic mass is 16.5. The third kappa shape index (κ3) is 2.29. The quantitative estimate of drug-likeness (QED) is 0.431. The zero-order valence-electron chi connectivity index (χ0n) is 11.3. The van der Waals surface area contributed by atoms with Gasteiger partial charge in [0.15, 0.2) is 0 Å². The summed E-state index contributed by atoms with van der Waals surface area (Å²) in [5, 5.41) is 8.82. The number of nitrogens with two attached hydrogens (primary N) is 1. The lowest BCUT2D eigenvalue weighted by molar-refractivity contribution is 0.0707. The topological polar surface area (TPSA) is 121 Å². The van der Waals surface area contributed by atoms with Crippen molar-refractivity contribution in [1.82, 2.24) is 15.4 Å². The monoisotopic (exact) mass is 296 g/mol. The molecule has 0 aliphatic rings. The zero-order chi connectivity index (χ0) is 15.7. The van der Waals surface area contributed by atoms with Crippen molar-refractivity contribution in [3.05, 3.63) is 53.6 Å². The summed E-state index contributed by atoms with van der Waals surface area (Å²) in [5.41, 5.74) is 9.29. The number of carbonyl (C=O) groups excluding carboxylic acids is 2. The van der Waals surface area contributed by atoms with Gasteiger partial charge in [0.1, 0.15) is 5.82 Å². The van der Waals surface area contributed by atoms with E-state index in [0.29, 0.717) is 28.0 Å². The van der Waals surface area contributed by atoms with E-state index in [9.17, 15) is 9.59 Å². The molecular formula is C15H12N4O3. The summed E-state index contributed by atoms with van der Waals surface area (Å²) in [6.07, 6.45) is 0. The maximum Gasteiger partial charge on any atom is 0.275 e. The van der Waals surface area contributed by atoms with Crippen LogP contribution < -0.4 is 11.2 Å². The number of nitrogens with one attached hydrogen (secondary N) is 2. The lowest BCUT2D eigenvalue weighted by Gasteiger charge is -2.04. The van der Waals surface area contributed by atoms with Crippen LogP contribution in [0.1, 0.15) is 20.7 Å². The van der Waals surface area contributed by atoms with Gasteiger partial charge in [-0.1, -0.05) is 18.2 Å². The summed E-state index contributed by atoms with van der Waals surface area (Å²) in [5.74, 6) is -0.712. The van der Waals surface area contributed by atoms with Crippen molar-refractivity contribution in [2.75, 3.05) is 0 Å². The van der Waals surface area contributed by atoms with Crippen LogP contribution in [0.25, 0.3) is 22.4 Å². The second-order valence-corrected chi connectivity index (χ2v) is 4.67. The third-order valence-electron chi connectivity index (χ3n) is 3.30. The van der Waals surface area contributed by atoms with Gasteiger partial charge in [0.25, 0.3) is 5.91 Å². The van der Waals surface area contributed by atoms with E-state index in [1.54, 1.807) is 47.9 Å². The molecule has 0 atom stereocenters. The summed E-state index contributed by atoms with van der Waals surface area (Å²) in [6.45, 7) is 0. The molecule has 0 saturated carbocycles. The molecule has 0 saturated heterocycles. The number of benzene rings is 2. The van der Waals surface area contributed by atoms with Gasteiger partial charge in [0, 0.05) is 11.1 Å². The summed E-state index contributed by atoms with van der Waals surface area (Å²) < 4.78 is 0. The maximum absolute atomic E-state index is 11.7. The van der Waals surface area contributed by atoms with Crippen molar-refractivity contribution in [3.63, 3.8) is 0 Å². The van der Waals surface area contributed by atoms with Crippen molar-refractivity contribution in [2.24, 2.45) is 5.73 Å². The van der Waals surface area contributed by atoms with Gasteiger partial charge in [0.05, 0.1) is 16.6 Å². The number of amides is 2.